The van der Waals surface area contributed by atoms with Crippen molar-refractivity contribution in [1.29, 1.82) is 0 Å². The van der Waals surface area contributed by atoms with Gasteiger partial charge in [-0.3, -0.25) is 14.5 Å². The van der Waals surface area contributed by atoms with E-state index in [4.69, 9.17) is 4.74 Å². The van der Waals surface area contributed by atoms with E-state index in [-0.39, 0.29) is 5.91 Å². The summed E-state index contributed by atoms with van der Waals surface area (Å²) in [6.07, 6.45) is 0.876. The van der Waals surface area contributed by atoms with Crippen molar-refractivity contribution in [3.8, 4) is 0 Å². The molecular weight excluding hydrogens is 222 g/mol. The monoisotopic (exact) mass is 241 g/mol. The molecule has 0 aromatic carbocycles. The number of hydrogen-bond donors (Lipinski definition) is 0. The summed E-state index contributed by atoms with van der Waals surface area (Å²) in [4.78, 5) is 28.2. The van der Waals surface area contributed by atoms with E-state index in [0.29, 0.717) is 32.8 Å². The second-order valence-electron chi connectivity index (χ2n) is 4.41. The third kappa shape index (κ3) is 3.41. The van der Waals surface area contributed by atoms with Crippen LogP contribution in [-0.2, 0) is 14.3 Å². The average Bonchev–Trinajstić information content (AvgIpc) is 2.40. The Morgan fingerprint density at radius 1 is 1.06 bits per heavy atom. The standard InChI is InChI=1S/C11H19N3O3/c15-10-13-3-1-12(2-4-13)9-11(16)14-5-7-17-8-6-14/h10H,1-9H2. The van der Waals surface area contributed by atoms with Crippen LogP contribution in [0.4, 0.5) is 0 Å². The van der Waals surface area contributed by atoms with Crippen LogP contribution in [-0.4, -0.2) is 86.0 Å². The van der Waals surface area contributed by atoms with E-state index < -0.39 is 0 Å². The van der Waals surface area contributed by atoms with Gasteiger partial charge in [-0.25, -0.2) is 0 Å². The third-order valence-electron chi connectivity index (χ3n) is 3.28. The summed E-state index contributed by atoms with van der Waals surface area (Å²) in [5.41, 5.74) is 0. The second kappa shape index (κ2) is 5.97. The molecule has 2 fully saturated rings. The van der Waals surface area contributed by atoms with Gasteiger partial charge in [0.15, 0.2) is 0 Å². The smallest absolute Gasteiger partial charge is 0.236 e. The Labute approximate surface area is 101 Å². The van der Waals surface area contributed by atoms with E-state index >= 15 is 0 Å². The van der Waals surface area contributed by atoms with Gasteiger partial charge in [0.1, 0.15) is 0 Å². The van der Waals surface area contributed by atoms with Gasteiger partial charge < -0.3 is 14.5 Å². The molecule has 0 radical (unpaired) electrons. The van der Waals surface area contributed by atoms with Gasteiger partial charge in [0, 0.05) is 39.3 Å². The number of amides is 2. The molecule has 2 amide bonds. The topological polar surface area (TPSA) is 53.1 Å². The summed E-state index contributed by atoms with van der Waals surface area (Å²) in [6, 6.07) is 0. The van der Waals surface area contributed by atoms with Crippen molar-refractivity contribution in [2.45, 2.75) is 0 Å². The number of piperazine rings is 1. The summed E-state index contributed by atoms with van der Waals surface area (Å²) in [5.74, 6) is 0.174. The van der Waals surface area contributed by atoms with Crippen LogP contribution >= 0.6 is 0 Å². The molecule has 0 atom stereocenters. The zero-order valence-electron chi connectivity index (χ0n) is 10.0. The maximum absolute atomic E-state index is 12.0. The molecule has 6 heteroatoms. The zero-order valence-corrected chi connectivity index (χ0v) is 10.0. The Balaban J connectivity index is 1.73. The normalized spacial score (nSPS) is 22.6. The molecule has 2 aliphatic rings. The highest BCUT2D eigenvalue weighted by molar-refractivity contribution is 5.78. The van der Waals surface area contributed by atoms with Crippen LogP contribution in [0.5, 0.6) is 0 Å². The van der Waals surface area contributed by atoms with Crippen molar-refractivity contribution in [3.05, 3.63) is 0 Å². The number of carbonyl (C=O) groups is 2. The van der Waals surface area contributed by atoms with Gasteiger partial charge in [0.05, 0.1) is 19.8 Å². The predicted octanol–water partition coefficient (Wildman–Crippen LogP) is -1.38. The molecule has 2 aliphatic heterocycles. The van der Waals surface area contributed by atoms with Gasteiger partial charge >= 0.3 is 0 Å². The first-order chi connectivity index (χ1) is 8.29. The lowest BCUT2D eigenvalue weighted by Crippen LogP contribution is -2.51. The molecule has 2 saturated heterocycles. The van der Waals surface area contributed by atoms with Crippen LogP contribution in [0.25, 0.3) is 0 Å². The van der Waals surface area contributed by atoms with E-state index in [1.165, 1.54) is 0 Å². The van der Waals surface area contributed by atoms with E-state index in [1.54, 1.807) is 4.90 Å². The Kier molecular flexibility index (Phi) is 4.33. The quantitative estimate of drug-likeness (QED) is 0.571. The number of morpholine rings is 1. The Hall–Kier alpha value is -1.14. The van der Waals surface area contributed by atoms with E-state index in [9.17, 15) is 9.59 Å². The van der Waals surface area contributed by atoms with Gasteiger partial charge in [-0.1, -0.05) is 0 Å². The lowest BCUT2D eigenvalue weighted by Gasteiger charge is -2.34. The van der Waals surface area contributed by atoms with Gasteiger partial charge in [-0.15, -0.1) is 0 Å². The fourth-order valence-electron chi connectivity index (χ4n) is 2.13. The summed E-state index contributed by atoms with van der Waals surface area (Å²) >= 11 is 0. The molecule has 0 aromatic heterocycles. The number of ether oxygens (including phenoxy) is 1. The number of hydrogen-bond acceptors (Lipinski definition) is 4. The van der Waals surface area contributed by atoms with E-state index in [1.807, 2.05) is 4.90 Å². The lowest BCUT2D eigenvalue weighted by molar-refractivity contribution is -0.137. The Morgan fingerprint density at radius 2 is 1.71 bits per heavy atom. The molecule has 0 N–H and O–H groups in total. The molecule has 0 aliphatic carbocycles. The van der Waals surface area contributed by atoms with E-state index in [0.717, 1.165) is 32.6 Å². The summed E-state index contributed by atoms with van der Waals surface area (Å²) in [7, 11) is 0. The number of rotatable bonds is 3. The molecule has 96 valence electrons. The van der Waals surface area contributed by atoms with Crippen molar-refractivity contribution < 1.29 is 14.3 Å². The predicted molar refractivity (Wildman–Crippen MR) is 61.5 cm³/mol. The minimum Gasteiger partial charge on any atom is -0.378 e. The molecule has 2 heterocycles. The number of carbonyl (C=O) groups excluding carboxylic acids is 2. The number of nitrogens with zero attached hydrogens (tertiary/aromatic N) is 3. The molecule has 0 aromatic rings. The largest absolute Gasteiger partial charge is 0.378 e. The molecule has 0 spiro atoms. The van der Waals surface area contributed by atoms with Crippen LogP contribution in [0.15, 0.2) is 0 Å². The fourth-order valence-corrected chi connectivity index (χ4v) is 2.13. The average molecular weight is 241 g/mol. The van der Waals surface area contributed by atoms with Crippen molar-refractivity contribution in [3.63, 3.8) is 0 Å². The van der Waals surface area contributed by atoms with Crippen molar-refractivity contribution in [1.82, 2.24) is 14.7 Å². The minimum absolute atomic E-state index is 0.174. The molecular formula is C11H19N3O3. The van der Waals surface area contributed by atoms with Gasteiger partial charge in [-0.2, -0.15) is 0 Å². The maximum atomic E-state index is 12.0. The Bertz CT molecular complexity index is 271. The van der Waals surface area contributed by atoms with Crippen LogP contribution in [0.1, 0.15) is 0 Å². The van der Waals surface area contributed by atoms with E-state index in [2.05, 4.69) is 4.90 Å². The van der Waals surface area contributed by atoms with Crippen molar-refractivity contribution in [2.75, 3.05) is 59.0 Å². The fraction of sp³-hybridized carbons (Fsp3) is 0.818. The molecule has 0 saturated carbocycles. The molecule has 2 rings (SSSR count). The molecule has 0 unspecified atom stereocenters. The first kappa shape index (κ1) is 12.3. The second-order valence-corrected chi connectivity index (χ2v) is 4.41. The molecule has 17 heavy (non-hydrogen) atoms. The first-order valence-corrected chi connectivity index (χ1v) is 6.07. The SMILES string of the molecule is O=CN1CCN(CC(=O)N2CCOCC2)CC1. The van der Waals surface area contributed by atoms with Gasteiger partial charge in [0.2, 0.25) is 12.3 Å². The highest BCUT2D eigenvalue weighted by atomic mass is 16.5. The van der Waals surface area contributed by atoms with Crippen LogP contribution in [0.3, 0.4) is 0 Å². The lowest BCUT2D eigenvalue weighted by atomic mass is 10.3. The van der Waals surface area contributed by atoms with Crippen molar-refractivity contribution in [2.24, 2.45) is 0 Å². The minimum atomic E-state index is 0.174. The zero-order chi connectivity index (χ0) is 12.1. The van der Waals surface area contributed by atoms with Gasteiger partial charge in [0.25, 0.3) is 0 Å². The highest BCUT2D eigenvalue weighted by Gasteiger charge is 2.22. The van der Waals surface area contributed by atoms with Crippen LogP contribution in [0.2, 0.25) is 0 Å². The highest BCUT2D eigenvalue weighted by Crippen LogP contribution is 2.03. The molecule has 0 bridgehead atoms. The summed E-state index contributed by atoms with van der Waals surface area (Å²) in [5, 5.41) is 0. The van der Waals surface area contributed by atoms with Crippen LogP contribution < -0.4 is 0 Å². The molecule has 6 nitrogen and oxygen atoms in total. The third-order valence-corrected chi connectivity index (χ3v) is 3.28. The van der Waals surface area contributed by atoms with Crippen molar-refractivity contribution >= 4 is 12.3 Å². The van der Waals surface area contributed by atoms with Gasteiger partial charge in [-0.05, 0) is 0 Å². The summed E-state index contributed by atoms with van der Waals surface area (Å²) < 4.78 is 5.22. The maximum Gasteiger partial charge on any atom is 0.236 e. The first-order valence-electron chi connectivity index (χ1n) is 6.07. The Morgan fingerprint density at radius 3 is 2.29 bits per heavy atom. The summed E-state index contributed by atoms with van der Waals surface area (Å²) in [6.45, 7) is 6.17. The van der Waals surface area contributed by atoms with Crippen LogP contribution in [0, 0.1) is 0 Å².